The fourth-order valence-corrected chi connectivity index (χ4v) is 2.73. The molecule has 1 N–H and O–H groups in total. The van der Waals surface area contributed by atoms with Crippen LogP contribution in [0.3, 0.4) is 0 Å². The Morgan fingerprint density at radius 3 is 2.18 bits per heavy atom. The Bertz CT molecular complexity index is 389. The van der Waals surface area contributed by atoms with Gasteiger partial charge in [-0.25, -0.2) is 0 Å². The maximum Gasteiger partial charge on any atom is 0.140 e. The van der Waals surface area contributed by atoms with Crippen LogP contribution in [0.5, 0.6) is 11.5 Å². The lowest BCUT2D eigenvalue weighted by Crippen LogP contribution is -2.07. The Morgan fingerprint density at radius 2 is 1.76 bits per heavy atom. The number of methoxy groups -OCH3 is 2. The summed E-state index contributed by atoms with van der Waals surface area (Å²) in [4.78, 5) is 0. The second kappa shape index (κ2) is 6.26. The summed E-state index contributed by atoms with van der Waals surface area (Å²) in [6.45, 7) is 3.84. The van der Waals surface area contributed by atoms with E-state index in [1.807, 2.05) is 6.07 Å². The van der Waals surface area contributed by atoms with Crippen LogP contribution in [0, 0.1) is 0 Å². The molecule has 0 aliphatic carbocycles. The van der Waals surface area contributed by atoms with Crippen molar-refractivity contribution >= 4 is 15.9 Å². The highest BCUT2D eigenvalue weighted by Crippen LogP contribution is 2.40. The molecule has 0 fully saturated rings. The number of ether oxygens (including phenoxy) is 2. The van der Waals surface area contributed by atoms with Crippen molar-refractivity contribution in [3.05, 3.63) is 21.7 Å². The van der Waals surface area contributed by atoms with Crippen LogP contribution < -0.4 is 9.47 Å². The Morgan fingerprint density at radius 1 is 1.24 bits per heavy atom. The summed E-state index contributed by atoms with van der Waals surface area (Å²) in [7, 11) is 3.27. The monoisotopic (exact) mass is 302 g/mol. The van der Waals surface area contributed by atoms with Crippen molar-refractivity contribution in [3.8, 4) is 11.5 Å². The van der Waals surface area contributed by atoms with Crippen molar-refractivity contribution in [1.29, 1.82) is 0 Å². The SMILES string of the molecule is CCc1cc(CC(C)O)c(OC)c(Br)c1OC. The lowest BCUT2D eigenvalue weighted by atomic mass is 10.0. The average Bonchev–Trinajstić information content (AvgIpc) is 2.28. The van der Waals surface area contributed by atoms with Gasteiger partial charge in [-0.05, 0) is 46.5 Å². The third-order valence-corrected chi connectivity index (χ3v) is 3.36. The fourth-order valence-electron chi connectivity index (χ4n) is 1.90. The van der Waals surface area contributed by atoms with Crippen LogP contribution in [0.1, 0.15) is 25.0 Å². The Labute approximate surface area is 111 Å². The second-order valence-electron chi connectivity index (χ2n) is 3.98. The van der Waals surface area contributed by atoms with E-state index in [9.17, 15) is 5.11 Å². The van der Waals surface area contributed by atoms with Crippen molar-refractivity contribution in [2.45, 2.75) is 32.8 Å². The predicted molar refractivity (Wildman–Crippen MR) is 72.0 cm³/mol. The average molecular weight is 303 g/mol. The van der Waals surface area contributed by atoms with Gasteiger partial charge in [0.2, 0.25) is 0 Å². The first-order valence-corrected chi connectivity index (χ1v) is 6.44. The normalized spacial score (nSPS) is 12.4. The molecule has 96 valence electrons. The maximum atomic E-state index is 9.50. The van der Waals surface area contributed by atoms with Gasteiger partial charge < -0.3 is 14.6 Å². The summed E-state index contributed by atoms with van der Waals surface area (Å²) >= 11 is 3.50. The Balaban J connectivity index is 3.34. The number of aliphatic hydroxyl groups is 1. The largest absolute Gasteiger partial charge is 0.495 e. The third kappa shape index (κ3) is 3.13. The molecule has 0 amide bonds. The number of aryl methyl sites for hydroxylation is 1. The number of hydrogen-bond acceptors (Lipinski definition) is 3. The standard InChI is InChI=1S/C13H19BrO3/c1-5-9-7-10(6-8(2)15)13(17-4)11(14)12(9)16-3/h7-8,15H,5-6H2,1-4H3. The van der Waals surface area contributed by atoms with E-state index in [1.165, 1.54) is 0 Å². The molecular weight excluding hydrogens is 284 g/mol. The van der Waals surface area contributed by atoms with Gasteiger partial charge in [-0.3, -0.25) is 0 Å². The predicted octanol–water partition coefficient (Wildman–Crippen LogP) is 2.95. The van der Waals surface area contributed by atoms with Crippen LogP contribution in [0.2, 0.25) is 0 Å². The molecule has 0 spiro atoms. The second-order valence-corrected chi connectivity index (χ2v) is 4.77. The van der Waals surface area contributed by atoms with Gasteiger partial charge in [0, 0.05) is 6.42 Å². The van der Waals surface area contributed by atoms with Gasteiger partial charge in [-0.1, -0.05) is 6.92 Å². The molecule has 0 bridgehead atoms. The number of rotatable bonds is 5. The summed E-state index contributed by atoms with van der Waals surface area (Å²) in [5, 5.41) is 9.50. The molecule has 1 unspecified atom stereocenters. The molecule has 0 heterocycles. The molecule has 0 saturated carbocycles. The summed E-state index contributed by atoms with van der Waals surface area (Å²) in [6, 6.07) is 2.04. The molecule has 17 heavy (non-hydrogen) atoms. The molecule has 1 aromatic rings. The zero-order valence-electron chi connectivity index (χ0n) is 10.7. The quantitative estimate of drug-likeness (QED) is 0.909. The molecule has 4 heteroatoms. The van der Waals surface area contributed by atoms with Crippen LogP contribution in [0.25, 0.3) is 0 Å². The van der Waals surface area contributed by atoms with Crippen LogP contribution in [0.15, 0.2) is 10.5 Å². The van der Waals surface area contributed by atoms with Crippen LogP contribution in [-0.2, 0) is 12.8 Å². The molecule has 0 aliphatic rings. The van der Waals surface area contributed by atoms with Gasteiger partial charge >= 0.3 is 0 Å². The number of benzene rings is 1. The van der Waals surface area contributed by atoms with E-state index in [2.05, 4.69) is 22.9 Å². The molecule has 1 rings (SSSR count). The molecule has 3 nitrogen and oxygen atoms in total. The Hall–Kier alpha value is -0.740. The molecule has 0 aromatic heterocycles. The zero-order chi connectivity index (χ0) is 13.0. The summed E-state index contributed by atoms with van der Waals surface area (Å²) in [5.74, 6) is 1.54. The first kappa shape index (κ1) is 14.3. The van der Waals surface area contributed by atoms with Crippen molar-refractivity contribution in [1.82, 2.24) is 0 Å². The topological polar surface area (TPSA) is 38.7 Å². The molecule has 0 aliphatic heterocycles. The molecule has 1 atom stereocenters. The maximum absolute atomic E-state index is 9.50. The van der Waals surface area contributed by atoms with E-state index in [4.69, 9.17) is 9.47 Å². The molecule has 0 saturated heterocycles. The minimum absolute atomic E-state index is 0.395. The third-order valence-electron chi connectivity index (χ3n) is 2.63. The Kier molecular flexibility index (Phi) is 5.28. The van der Waals surface area contributed by atoms with Crippen LogP contribution in [0.4, 0.5) is 0 Å². The summed E-state index contributed by atoms with van der Waals surface area (Å²) in [6.07, 6.45) is 1.05. The molecule has 1 aromatic carbocycles. The van der Waals surface area contributed by atoms with E-state index in [-0.39, 0.29) is 0 Å². The highest BCUT2D eigenvalue weighted by atomic mass is 79.9. The smallest absolute Gasteiger partial charge is 0.140 e. The van der Waals surface area contributed by atoms with Gasteiger partial charge in [-0.2, -0.15) is 0 Å². The minimum atomic E-state index is -0.395. The van der Waals surface area contributed by atoms with Gasteiger partial charge in [0.15, 0.2) is 0 Å². The fraction of sp³-hybridized carbons (Fsp3) is 0.538. The number of halogens is 1. The first-order valence-electron chi connectivity index (χ1n) is 5.65. The van der Waals surface area contributed by atoms with Crippen molar-refractivity contribution < 1.29 is 14.6 Å². The van der Waals surface area contributed by atoms with E-state index >= 15 is 0 Å². The van der Waals surface area contributed by atoms with E-state index in [0.29, 0.717) is 6.42 Å². The summed E-state index contributed by atoms with van der Waals surface area (Å²) in [5.41, 5.74) is 2.10. The van der Waals surface area contributed by atoms with E-state index in [1.54, 1.807) is 21.1 Å². The molecule has 0 radical (unpaired) electrons. The van der Waals surface area contributed by atoms with Gasteiger partial charge in [0.05, 0.1) is 20.3 Å². The highest BCUT2D eigenvalue weighted by molar-refractivity contribution is 9.10. The van der Waals surface area contributed by atoms with Crippen LogP contribution >= 0.6 is 15.9 Å². The lowest BCUT2D eigenvalue weighted by molar-refractivity contribution is 0.194. The summed E-state index contributed by atoms with van der Waals surface area (Å²) < 4.78 is 11.6. The van der Waals surface area contributed by atoms with E-state index < -0.39 is 6.10 Å². The minimum Gasteiger partial charge on any atom is -0.495 e. The number of hydrogen-bond donors (Lipinski definition) is 1. The van der Waals surface area contributed by atoms with Gasteiger partial charge in [-0.15, -0.1) is 0 Å². The van der Waals surface area contributed by atoms with E-state index in [0.717, 1.165) is 33.5 Å². The van der Waals surface area contributed by atoms with Gasteiger partial charge in [0.25, 0.3) is 0 Å². The molecular formula is C13H19BrO3. The first-order chi connectivity index (χ1) is 8.04. The van der Waals surface area contributed by atoms with Crippen molar-refractivity contribution in [3.63, 3.8) is 0 Å². The number of aliphatic hydroxyl groups excluding tert-OH is 1. The lowest BCUT2D eigenvalue weighted by Gasteiger charge is -2.17. The van der Waals surface area contributed by atoms with Crippen molar-refractivity contribution in [2.75, 3.05) is 14.2 Å². The highest BCUT2D eigenvalue weighted by Gasteiger charge is 2.17. The van der Waals surface area contributed by atoms with Crippen molar-refractivity contribution in [2.24, 2.45) is 0 Å². The zero-order valence-corrected chi connectivity index (χ0v) is 12.3. The van der Waals surface area contributed by atoms with Crippen LogP contribution in [-0.4, -0.2) is 25.4 Å². The van der Waals surface area contributed by atoms with Gasteiger partial charge in [0.1, 0.15) is 16.0 Å².